The molecule has 0 fully saturated rings. The average Bonchev–Trinajstić information content (AvgIpc) is 2.29. The van der Waals surface area contributed by atoms with Crippen LogP contribution in [0.2, 0.25) is 0 Å². The molecule has 0 amide bonds. The van der Waals surface area contributed by atoms with E-state index in [-0.39, 0.29) is 11.5 Å². The van der Waals surface area contributed by atoms with E-state index in [0.717, 1.165) is 16.5 Å². The molecule has 0 aliphatic heterocycles. The minimum Gasteiger partial charge on any atom is -0.496 e. The van der Waals surface area contributed by atoms with Gasteiger partial charge in [0.25, 0.3) is 0 Å². The van der Waals surface area contributed by atoms with Crippen LogP contribution < -0.4 is 4.74 Å². The summed E-state index contributed by atoms with van der Waals surface area (Å²) in [4.78, 5) is 10.2. The van der Waals surface area contributed by atoms with Gasteiger partial charge in [-0.25, -0.2) is 0 Å². The molecule has 0 saturated heterocycles. The summed E-state index contributed by atoms with van der Waals surface area (Å²) in [7, 11) is 1.59. The van der Waals surface area contributed by atoms with E-state index >= 15 is 0 Å². The number of fused-ring (bicyclic) bond motifs is 1. The quantitative estimate of drug-likeness (QED) is 0.586. The van der Waals surface area contributed by atoms with Crippen LogP contribution >= 0.6 is 0 Å². The van der Waals surface area contributed by atoms with Gasteiger partial charge in [-0.05, 0) is 17.5 Å². The zero-order valence-corrected chi connectivity index (χ0v) is 8.84. The van der Waals surface area contributed by atoms with Crippen LogP contribution in [0.15, 0.2) is 36.4 Å². The topological polar surface area (TPSA) is 52.4 Å². The molecule has 0 bridgehead atoms. The number of nitro groups is 1. The molecular weight excluding hydrogens is 206 g/mol. The summed E-state index contributed by atoms with van der Waals surface area (Å²) in [6.07, 6.45) is 0. The van der Waals surface area contributed by atoms with Crippen LogP contribution in [0.5, 0.6) is 5.75 Å². The molecule has 4 nitrogen and oxygen atoms in total. The maximum absolute atomic E-state index is 10.5. The van der Waals surface area contributed by atoms with Gasteiger partial charge in [0.1, 0.15) is 5.75 Å². The summed E-state index contributed by atoms with van der Waals surface area (Å²) in [5.41, 5.74) is 0.710. The van der Waals surface area contributed by atoms with E-state index < -0.39 is 0 Å². The minimum absolute atomic E-state index is 0.162. The van der Waals surface area contributed by atoms with Crippen LogP contribution in [0.3, 0.4) is 0 Å². The first-order valence-electron chi connectivity index (χ1n) is 4.89. The second kappa shape index (κ2) is 4.18. The van der Waals surface area contributed by atoms with E-state index in [2.05, 4.69) is 0 Å². The van der Waals surface area contributed by atoms with E-state index in [9.17, 15) is 10.1 Å². The van der Waals surface area contributed by atoms with Crippen molar-refractivity contribution in [3.8, 4) is 5.75 Å². The first-order valence-corrected chi connectivity index (χ1v) is 4.89. The van der Waals surface area contributed by atoms with Crippen molar-refractivity contribution in [2.24, 2.45) is 0 Å². The predicted octanol–water partition coefficient (Wildman–Crippen LogP) is 2.63. The van der Waals surface area contributed by atoms with E-state index in [1.165, 1.54) is 0 Å². The molecule has 0 saturated carbocycles. The highest BCUT2D eigenvalue weighted by Crippen LogP contribution is 2.28. The SMILES string of the molecule is COc1ccc(C[N+](=O)[O-])c2ccccc12. The Labute approximate surface area is 92.6 Å². The van der Waals surface area contributed by atoms with Gasteiger partial charge in [0, 0.05) is 15.9 Å². The minimum atomic E-state index is -0.325. The second-order valence-corrected chi connectivity index (χ2v) is 3.46. The maximum Gasteiger partial charge on any atom is 0.229 e. The number of hydrogen-bond donors (Lipinski definition) is 0. The number of nitrogens with zero attached hydrogens (tertiary/aromatic N) is 1. The van der Waals surface area contributed by atoms with Gasteiger partial charge in [-0.3, -0.25) is 10.1 Å². The summed E-state index contributed by atoms with van der Waals surface area (Å²) in [5, 5.41) is 12.3. The lowest BCUT2D eigenvalue weighted by Gasteiger charge is -2.07. The number of hydrogen-bond acceptors (Lipinski definition) is 3. The molecule has 0 unspecified atom stereocenters. The number of ether oxygens (including phenoxy) is 1. The van der Waals surface area contributed by atoms with E-state index in [1.807, 2.05) is 24.3 Å². The van der Waals surface area contributed by atoms with Gasteiger partial charge >= 0.3 is 0 Å². The summed E-state index contributed by atoms with van der Waals surface area (Å²) in [5.74, 6) is 0.739. The molecule has 2 aromatic carbocycles. The molecule has 0 radical (unpaired) electrons. The van der Waals surface area contributed by atoms with Crippen LogP contribution in [0.4, 0.5) is 0 Å². The predicted molar refractivity (Wildman–Crippen MR) is 61.2 cm³/mol. The molecule has 0 aromatic heterocycles. The largest absolute Gasteiger partial charge is 0.496 e. The Balaban J connectivity index is 2.64. The highest BCUT2D eigenvalue weighted by atomic mass is 16.6. The zero-order chi connectivity index (χ0) is 11.5. The third kappa shape index (κ3) is 1.82. The summed E-state index contributed by atoms with van der Waals surface area (Å²) in [6, 6.07) is 11.0. The van der Waals surface area contributed by atoms with E-state index in [0.29, 0.717) is 5.56 Å². The van der Waals surface area contributed by atoms with Crippen molar-refractivity contribution < 1.29 is 9.66 Å². The Kier molecular flexibility index (Phi) is 2.72. The number of methoxy groups -OCH3 is 1. The highest BCUT2D eigenvalue weighted by Gasteiger charge is 2.09. The molecule has 0 aliphatic rings. The number of rotatable bonds is 3. The Morgan fingerprint density at radius 3 is 2.50 bits per heavy atom. The Morgan fingerprint density at radius 2 is 1.88 bits per heavy atom. The fourth-order valence-electron chi connectivity index (χ4n) is 1.79. The molecule has 0 aliphatic carbocycles. The molecule has 0 heterocycles. The molecule has 16 heavy (non-hydrogen) atoms. The van der Waals surface area contributed by atoms with Crippen molar-refractivity contribution in [2.45, 2.75) is 6.54 Å². The third-order valence-corrected chi connectivity index (χ3v) is 2.49. The van der Waals surface area contributed by atoms with Crippen molar-refractivity contribution in [3.63, 3.8) is 0 Å². The summed E-state index contributed by atoms with van der Waals surface area (Å²) < 4.78 is 5.22. The first kappa shape index (κ1) is 10.4. The molecular formula is C12H11NO3. The third-order valence-electron chi connectivity index (χ3n) is 2.49. The van der Waals surface area contributed by atoms with E-state index in [1.54, 1.807) is 19.2 Å². The summed E-state index contributed by atoms with van der Waals surface area (Å²) >= 11 is 0. The Hall–Kier alpha value is -2.10. The van der Waals surface area contributed by atoms with Crippen molar-refractivity contribution in [2.75, 3.05) is 7.11 Å². The van der Waals surface area contributed by atoms with Crippen LogP contribution in [-0.2, 0) is 6.54 Å². The van der Waals surface area contributed by atoms with Gasteiger partial charge in [0.2, 0.25) is 6.54 Å². The molecule has 82 valence electrons. The van der Waals surface area contributed by atoms with Gasteiger partial charge < -0.3 is 4.74 Å². The molecule has 0 atom stereocenters. The standard InChI is InChI=1S/C12H11NO3/c1-16-12-7-6-9(8-13(14)15)10-4-2-3-5-11(10)12/h2-7H,8H2,1H3. The first-order chi connectivity index (χ1) is 7.72. The van der Waals surface area contributed by atoms with Crippen LogP contribution in [0.1, 0.15) is 5.56 Å². The second-order valence-electron chi connectivity index (χ2n) is 3.46. The van der Waals surface area contributed by atoms with E-state index in [4.69, 9.17) is 4.74 Å². The fraction of sp³-hybridized carbons (Fsp3) is 0.167. The Morgan fingerprint density at radius 1 is 1.19 bits per heavy atom. The van der Waals surface area contributed by atoms with Crippen molar-refractivity contribution in [1.82, 2.24) is 0 Å². The number of benzene rings is 2. The van der Waals surface area contributed by atoms with Gasteiger partial charge in [-0.15, -0.1) is 0 Å². The van der Waals surface area contributed by atoms with Gasteiger partial charge in [-0.2, -0.15) is 0 Å². The van der Waals surface area contributed by atoms with Crippen LogP contribution in [0.25, 0.3) is 10.8 Å². The van der Waals surface area contributed by atoms with Crippen molar-refractivity contribution >= 4 is 10.8 Å². The monoisotopic (exact) mass is 217 g/mol. The summed E-state index contributed by atoms with van der Waals surface area (Å²) in [6.45, 7) is -0.162. The lowest BCUT2D eigenvalue weighted by Crippen LogP contribution is -1.99. The van der Waals surface area contributed by atoms with Gasteiger partial charge in [-0.1, -0.05) is 24.3 Å². The molecule has 4 heteroatoms. The maximum atomic E-state index is 10.5. The molecule has 2 aromatic rings. The van der Waals surface area contributed by atoms with Crippen molar-refractivity contribution in [1.29, 1.82) is 0 Å². The zero-order valence-electron chi connectivity index (χ0n) is 8.84. The lowest BCUT2D eigenvalue weighted by molar-refractivity contribution is -0.496. The Bertz CT molecular complexity index is 537. The molecule has 0 spiro atoms. The van der Waals surface area contributed by atoms with Crippen LogP contribution in [0, 0.1) is 10.1 Å². The highest BCUT2D eigenvalue weighted by molar-refractivity contribution is 5.90. The molecule has 0 N–H and O–H groups in total. The normalized spacial score (nSPS) is 10.3. The van der Waals surface area contributed by atoms with Crippen molar-refractivity contribution in [3.05, 3.63) is 52.1 Å². The molecule has 2 rings (SSSR count). The van der Waals surface area contributed by atoms with Crippen LogP contribution in [-0.4, -0.2) is 12.0 Å². The lowest BCUT2D eigenvalue weighted by atomic mass is 10.0. The smallest absolute Gasteiger partial charge is 0.229 e. The fourth-order valence-corrected chi connectivity index (χ4v) is 1.79. The average molecular weight is 217 g/mol. The van der Waals surface area contributed by atoms with Gasteiger partial charge in [0.05, 0.1) is 7.11 Å². The van der Waals surface area contributed by atoms with Gasteiger partial charge in [0.15, 0.2) is 0 Å².